The summed E-state index contributed by atoms with van der Waals surface area (Å²) in [6.07, 6.45) is 0.883. The summed E-state index contributed by atoms with van der Waals surface area (Å²) in [5, 5.41) is 25.2. The van der Waals surface area contributed by atoms with E-state index in [2.05, 4.69) is 10.3 Å². The first kappa shape index (κ1) is 24.4. The number of benzene rings is 1. The van der Waals surface area contributed by atoms with Gasteiger partial charge in [0, 0.05) is 11.1 Å². The number of halogens is 2. The molecule has 1 atom stereocenters. The van der Waals surface area contributed by atoms with E-state index in [1.165, 1.54) is 24.3 Å². The summed E-state index contributed by atoms with van der Waals surface area (Å²) in [6.45, 7) is 8.32. The molecule has 1 aromatic heterocycles. The smallest absolute Gasteiger partial charge is 0.407 e. The van der Waals surface area contributed by atoms with Gasteiger partial charge < -0.3 is 20.3 Å². The van der Waals surface area contributed by atoms with Gasteiger partial charge in [0.1, 0.15) is 17.0 Å². The van der Waals surface area contributed by atoms with Crippen LogP contribution in [0.25, 0.3) is 11.3 Å². The van der Waals surface area contributed by atoms with E-state index in [1.54, 1.807) is 40.7 Å². The zero-order valence-corrected chi connectivity index (χ0v) is 19.8. The minimum atomic E-state index is -1.49. The van der Waals surface area contributed by atoms with E-state index in [4.69, 9.17) is 16.3 Å². The highest BCUT2D eigenvalue weighted by Gasteiger charge is 2.47. The monoisotopic (exact) mass is 464 g/mol. The molecule has 3 N–H and O–H groups in total. The van der Waals surface area contributed by atoms with Gasteiger partial charge in [0.25, 0.3) is 0 Å². The van der Waals surface area contributed by atoms with Crippen LogP contribution in [0.5, 0.6) is 0 Å². The van der Waals surface area contributed by atoms with Crippen LogP contribution in [-0.4, -0.2) is 33.4 Å². The lowest BCUT2D eigenvalue weighted by Crippen LogP contribution is -2.45. The molecule has 1 unspecified atom stereocenters. The van der Waals surface area contributed by atoms with Crippen molar-refractivity contribution < 1.29 is 24.1 Å². The molecular weight excluding hydrogens is 435 g/mol. The van der Waals surface area contributed by atoms with Crippen LogP contribution in [-0.2, 0) is 15.9 Å². The van der Waals surface area contributed by atoms with Crippen LogP contribution in [0.3, 0.4) is 0 Å². The summed E-state index contributed by atoms with van der Waals surface area (Å²) in [5.41, 5.74) is -1.98. The molecule has 1 aliphatic rings. The maximum absolute atomic E-state index is 13.5. The van der Waals surface area contributed by atoms with Crippen molar-refractivity contribution in [2.45, 2.75) is 64.3 Å². The van der Waals surface area contributed by atoms with Gasteiger partial charge in [0.05, 0.1) is 28.6 Å². The van der Waals surface area contributed by atoms with Gasteiger partial charge >= 0.3 is 6.09 Å². The molecule has 3 rings (SSSR count). The van der Waals surface area contributed by atoms with E-state index in [1.807, 2.05) is 0 Å². The number of carbonyl (C=O) groups is 1. The van der Waals surface area contributed by atoms with Gasteiger partial charge in [-0.05, 0) is 83.7 Å². The molecule has 1 amide bonds. The zero-order chi connectivity index (χ0) is 23.9. The predicted octanol–water partition coefficient (Wildman–Crippen LogP) is 4.89. The topological polar surface area (TPSA) is 91.7 Å². The minimum Gasteiger partial charge on any atom is -0.444 e. The van der Waals surface area contributed by atoms with Crippen molar-refractivity contribution in [2.75, 3.05) is 6.54 Å². The van der Waals surface area contributed by atoms with Crippen molar-refractivity contribution in [1.29, 1.82) is 0 Å². The summed E-state index contributed by atoms with van der Waals surface area (Å²) >= 11 is 6.60. The molecule has 1 heterocycles. The van der Waals surface area contributed by atoms with E-state index in [0.29, 0.717) is 16.8 Å². The molecule has 0 saturated heterocycles. The van der Waals surface area contributed by atoms with Gasteiger partial charge in [0.15, 0.2) is 0 Å². The number of aliphatic hydroxyl groups is 2. The lowest BCUT2D eigenvalue weighted by atomic mass is 9.88. The number of nitrogens with one attached hydrogen (secondary N) is 1. The van der Waals surface area contributed by atoms with Crippen molar-refractivity contribution in [3.05, 3.63) is 52.4 Å². The molecule has 2 aromatic rings. The van der Waals surface area contributed by atoms with E-state index in [-0.39, 0.29) is 23.2 Å². The van der Waals surface area contributed by atoms with Crippen LogP contribution in [0.4, 0.5) is 9.18 Å². The minimum absolute atomic E-state index is 0.116. The second-order valence-electron chi connectivity index (χ2n) is 9.84. The first-order valence-electron chi connectivity index (χ1n) is 10.6. The maximum atomic E-state index is 13.5. The van der Waals surface area contributed by atoms with Crippen LogP contribution < -0.4 is 5.32 Å². The van der Waals surface area contributed by atoms with Gasteiger partial charge in [-0.15, -0.1) is 0 Å². The largest absolute Gasteiger partial charge is 0.444 e. The number of hydrogen-bond acceptors (Lipinski definition) is 5. The predicted molar refractivity (Wildman–Crippen MR) is 121 cm³/mol. The molecule has 8 heteroatoms. The van der Waals surface area contributed by atoms with Crippen molar-refractivity contribution >= 4 is 17.7 Å². The van der Waals surface area contributed by atoms with Gasteiger partial charge in [-0.25, -0.2) is 14.2 Å². The third-order valence-electron chi connectivity index (χ3n) is 5.33. The molecule has 1 aromatic carbocycles. The molecule has 6 nitrogen and oxygen atoms in total. The van der Waals surface area contributed by atoms with Crippen LogP contribution in [0.15, 0.2) is 30.3 Å². The highest BCUT2D eigenvalue weighted by atomic mass is 35.5. The molecule has 0 aliphatic heterocycles. The highest BCUT2D eigenvalue weighted by Crippen LogP contribution is 2.47. The molecular formula is C24H30ClFN2O4. The summed E-state index contributed by atoms with van der Waals surface area (Å²) in [6, 6.07) is 7.24. The quantitative estimate of drug-likeness (QED) is 0.566. The number of amides is 1. The van der Waals surface area contributed by atoms with Gasteiger partial charge in [-0.3, -0.25) is 0 Å². The van der Waals surface area contributed by atoms with E-state index < -0.39 is 28.7 Å². The molecule has 32 heavy (non-hydrogen) atoms. The number of aromatic nitrogens is 1. The Morgan fingerprint density at radius 2 is 1.78 bits per heavy atom. The Balaban J connectivity index is 2.06. The van der Waals surface area contributed by atoms with Crippen molar-refractivity contribution in [3.8, 4) is 11.3 Å². The number of pyridine rings is 1. The molecule has 0 radical (unpaired) electrons. The molecule has 174 valence electrons. The Bertz CT molecular complexity index is 995. The van der Waals surface area contributed by atoms with Crippen LogP contribution in [0.1, 0.15) is 58.7 Å². The Kier molecular flexibility index (Phi) is 6.57. The van der Waals surface area contributed by atoms with Gasteiger partial charge in [0.2, 0.25) is 0 Å². The van der Waals surface area contributed by atoms with Crippen molar-refractivity contribution in [3.63, 3.8) is 0 Å². The van der Waals surface area contributed by atoms with Crippen LogP contribution >= 0.6 is 11.6 Å². The van der Waals surface area contributed by atoms with Gasteiger partial charge in [-0.2, -0.15) is 0 Å². The third-order valence-corrected chi connectivity index (χ3v) is 5.71. The fraction of sp³-hybridized carbons (Fsp3) is 0.500. The van der Waals surface area contributed by atoms with Crippen LogP contribution in [0, 0.1) is 11.7 Å². The molecule has 0 spiro atoms. The summed E-state index contributed by atoms with van der Waals surface area (Å²) in [5.74, 6) is -0.526. The lowest BCUT2D eigenvalue weighted by molar-refractivity contribution is 0.00129. The fourth-order valence-corrected chi connectivity index (χ4v) is 3.96. The number of hydrogen-bond donors (Lipinski definition) is 3. The number of ether oxygens (including phenoxy) is 1. The van der Waals surface area contributed by atoms with E-state index in [0.717, 1.165) is 12.8 Å². The van der Waals surface area contributed by atoms with Crippen molar-refractivity contribution in [1.82, 2.24) is 10.3 Å². The lowest BCUT2D eigenvalue weighted by Gasteiger charge is -2.31. The maximum Gasteiger partial charge on any atom is 0.407 e. The average Bonchev–Trinajstić information content (AvgIpc) is 3.50. The average molecular weight is 465 g/mol. The van der Waals surface area contributed by atoms with E-state index >= 15 is 0 Å². The standard InChI is InChI=1S/C24H30ClFN2O4/c1-22(2,3)32-21(29)27-13-24(31,15-8-9-15)18-12-17(23(4,5)30)19(25)20(28-18)14-6-10-16(26)11-7-14/h6-7,10-12,15,30-31H,8-9,13H2,1-5H3,(H,27,29). The second kappa shape index (κ2) is 8.61. The number of nitrogens with zero attached hydrogens (tertiary/aromatic N) is 1. The second-order valence-corrected chi connectivity index (χ2v) is 10.2. The fourth-order valence-electron chi connectivity index (χ4n) is 3.52. The highest BCUT2D eigenvalue weighted by molar-refractivity contribution is 6.34. The number of rotatable bonds is 6. The molecule has 1 fully saturated rings. The normalized spacial score (nSPS) is 16.4. The number of alkyl carbamates (subject to hydrolysis) is 1. The zero-order valence-electron chi connectivity index (χ0n) is 19.0. The van der Waals surface area contributed by atoms with E-state index in [9.17, 15) is 19.4 Å². The first-order valence-corrected chi connectivity index (χ1v) is 11.0. The van der Waals surface area contributed by atoms with Crippen molar-refractivity contribution in [2.24, 2.45) is 5.92 Å². The summed E-state index contributed by atoms with van der Waals surface area (Å²) < 4.78 is 18.8. The van der Waals surface area contributed by atoms with Gasteiger partial charge in [-0.1, -0.05) is 11.6 Å². The number of carbonyl (C=O) groups excluding carboxylic acids is 1. The molecule has 1 saturated carbocycles. The first-order chi connectivity index (χ1) is 14.7. The summed E-state index contributed by atoms with van der Waals surface area (Å²) in [7, 11) is 0. The molecule has 0 bridgehead atoms. The Labute approximate surface area is 192 Å². The Hall–Kier alpha value is -2.22. The third kappa shape index (κ3) is 5.57. The summed E-state index contributed by atoms with van der Waals surface area (Å²) in [4.78, 5) is 16.8. The Morgan fingerprint density at radius 1 is 1.19 bits per heavy atom. The van der Waals surface area contributed by atoms with Crippen LogP contribution in [0.2, 0.25) is 5.02 Å². The SMILES string of the molecule is CC(C)(C)OC(=O)NCC(O)(c1cc(C(C)(C)O)c(Cl)c(-c2ccc(F)cc2)n1)C1CC1. The molecule has 1 aliphatic carbocycles. The Morgan fingerprint density at radius 3 is 2.28 bits per heavy atom.